The normalized spacial score (nSPS) is 13.4. The molecule has 2 heteroatoms. The average molecular weight is 719 g/mol. The number of pyridine rings is 1. The van der Waals surface area contributed by atoms with Gasteiger partial charge in [0.25, 0.3) is 0 Å². The van der Waals surface area contributed by atoms with Crippen molar-refractivity contribution in [1.29, 1.82) is 0 Å². The minimum absolute atomic E-state index is 0. The Bertz CT molecular complexity index is 1910. The molecule has 1 aromatic heterocycles. The molecule has 42 heavy (non-hydrogen) atoms. The van der Waals surface area contributed by atoms with Crippen molar-refractivity contribution in [2.24, 2.45) is 0 Å². The van der Waals surface area contributed by atoms with Gasteiger partial charge in [-0.15, -0.1) is 29.3 Å². The van der Waals surface area contributed by atoms with Gasteiger partial charge in [-0.1, -0.05) is 134 Å². The van der Waals surface area contributed by atoms with E-state index in [1.165, 1.54) is 75.8 Å². The van der Waals surface area contributed by atoms with Crippen molar-refractivity contribution in [2.45, 2.75) is 44.4 Å². The number of fused-ring (bicyclic) bond motifs is 11. The topological polar surface area (TPSA) is 12.9 Å². The van der Waals surface area contributed by atoms with Crippen LogP contribution in [0.2, 0.25) is 0 Å². The molecular formula is C40H32IrN-. The molecule has 207 valence electrons. The van der Waals surface area contributed by atoms with Crippen LogP contribution in [0.15, 0.2) is 115 Å². The average Bonchev–Trinajstić information content (AvgIpc) is 3.49. The fourth-order valence-electron chi connectivity index (χ4n) is 7.40. The van der Waals surface area contributed by atoms with Crippen LogP contribution in [-0.2, 0) is 31.9 Å². The van der Waals surface area contributed by atoms with E-state index in [-0.39, 0.29) is 25.5 Å². The molecule has 1 nitrogen and oxygen atoms in total. The predicted molar refractivity (Wildman–Crippen MR) is 170 cm³/mol. The molecule has 2 aliphatic rings. The van der Waals surface area contributed by atoms with E-state index in [4.69, 9.17) is 4.98 Å². The second kappa shape index (κ2) is 10.8. The third-order valence-electron chi connectivity index (χ3n) is 9.28. The summed E-state index contributed by atoms with van der Waals surface area (Å²) in [6.45, 7) is 2.28. The number of aryl methyl sites for hydroxylation is 1. The van der Waals surface area contributed by atoms with Gasteiger partial charge in [-0.3, -0.25) is 4.98 Å². The molecule has 0 N–H and O–H groups in total. The van der Waals surface area contributed by atoms with Crippen LogP contribution < -0.4 is 0 Å². The zero-order valence-electron chi connectivity index (χ0n) is 23.8. The molecule has 1 radical (unpaired) electrons. The summed E-state index contributed by atoms with van der Waals surface area (Å²) in [5.74, 6) is 0. The molecule has 0 unspecified atom stereocenters. The Hall–Kier alpha value is -3.84. The molecule has 0 saturated carbocycles. The number of para-hydroxylation sites is 1. The van der Waals surface area contributed by atoms with Gasteiger partial charge in [-0.05, 0) is 63.4 Å². The molecule has 0 bridgehead atoms. The van der Waals surface area contributed by atoms with Gasteiger partial charge in [0.15, 0.2) is 0 Å². The Balaban J connectivity index is 0.00000288. The van der Waals surface area contributed by atoms with E-state index in [2.05, 4.69) is 128 Å². The maximum absolute atomic E-state index is 5.06. The molecule has 0 saturated heterocycles. The SMILES string of the molecule is CCCCCCc1ccc2c(c1)C1(c3ccccc3-c3ccccc31)c1cc(-c3ccc4ccccc4n3)[c-]cc1-2.[Ir]. The molecule has 2 aliphatic carbocycles. The van der Waals surface area contributed by atoms with Crippen molar-refractivity contribution >= 4 is 10.9 Å². The third kappa shape index (κ3) is 3.97. The first-order valence-electron chi connectivity index (χ1n) is 15.0. The van der Waals surface area contributed by atoms with E-state index in [1.807, 2.05) is 0 Å². The van der Waals surface area contributed by atoms with Crippen LogP contribution in [-0.4, -0.2) is 4.98 Å². The van der Waals surface area contributed by atoms with Crippen molar-refractivity contribution in [3.63, 3.8) is 0 Å². The summed E-state index contributed by atoms with van der Waals surface area (Å²) < 4.78 is 0. The molecule has 6 aromatic rings. The predicted octanol–water partition coefficient (Wildman–Crippen LogP) is 10.2. The van der Waals surface area contributed by atoms with E-state index in [9.17, 15) is 0 Å². The number of hydrogen-bond donors (Lipinski definition) is 0. The van der Waals surface area contributed by atoms with Gasteiger partial charge in [0.05, 0.1) is 10.9 Å². The fourth-order valence-corrected chi connectivity index (χ4v) is 7.40. The van der Waals surface area contributed by atoms with E-state index in [0.717, 1.165) is 28.6 Å². The summed E-state index contributed by atoms with van der Waals surface area (Å²) in [6.07, 6.45) is 6.23. The smallest absolute Gasteiger partial charge is 0.0595 e. The van der Waals surface area contributed by atoms with Crippen LogP contribution >= 0.6 is 0 Å². The molecule has 8 rings (SSSR count). The molecule has 0 atom stereocenters. The minimum atomic E-state index is -0.349. The largest absolute Gasteiger partial charge is 0.296 e. The van der Waals surface area contributed by atoms with Crippen LogP contribution in [0.5, 0.6) is 0 Å². The van der Waals surface area contributed by atoms with Crippen LogP contribution in [0, 0.1) is 6.07 Å². The monoisotopic (exact) mass is 719 g/mol. The maximum Gasteiger partial charge on any atom is 0.0595 e. The molecule has 0 fully saturated rings. The summed E-state index contributed by atoms with van der Waals surface area (Å²) in [6, 6.07) is 46.3. The molecule has 0 aliphatic heterocycles. The van der Waals surface area contributed by atoms with Gasteiger partial charge in [-0.25, -0.2) is 0 Å². The number of unbranched alkanes of at least 4 members (excludes halogenated alkanes) is 3. The van der Waals surface area contributed by atoms with E-state index >= 15 is 0 Å². The third-order valence-corrected chi connectivity index (χ3v) is 9.28. The zero-order valence-corrected chi connectivity index (χ0v) is 26.2. The van der Waals surface area contributed by atoms with Gasteiger partial charge in [0, 0.05) is 20.1 Å². The quantitative estimate of drug-likeness (QED) is 0.123. The number of nitrogens with zero attached hydrogens (tertiary/aromatic N) is 1. The Kier molecular flexibility index (Phi) is 6.93. The number of rotatable bonds is 6. The van der Waals surface area contributed by atoms with E-state index in [0.29, 0.717) is 0 Å². The Morgan fingerprint density at radius 2 is 1.31 bits per heavy atom. The van der Waals surface area contributed by atoms with Crippen molar-refractivity contribution in [1.82, 2.24) is 4.98 Å². The summed E-state index contributed by atoms with van der Waals surface area (Å²) >= 11 is 0. The van der Waals surface area contributed by atoms with Gasteiger partial charge in [0.1, 0.15) is 0 Å². The van der Waals surface area contributed by atoms with Crippen molar-refractivity contribution in [3.05, 3.63) is 149 Å². The Morgan fingerprint density at radius 1 is 0.619 bits per heavy atom. The number of benzene rings is 5. The minimum Gasteiger partial charge on any atom is -0.296 e. The van der Waals surface area contributed by atoms with Gasteiger partial charge >= 0.3 is 0 Å². The molecule has 5 aromatic carbocycles. The molecular weight excluding hydrogens is 687 g/mol. The molecule has 1 spiro atoms. The summed E-state index contributed by atoms with van der Waals surface area (Å²) in [4.78, 5) is 5.06. The molecule has 1 heterocycles. The second-order valence-electron chi connectivity index (χ2n) is 11.6. The second-order valence-corrected chi connectivity index (χ2v) is 11.6. The zero-order chi connectivity index (χ0) is 27.4. The fraction of sp³-hybridized carbons (Fsp3) is 0.175. The van der Waals surface area contributed by atoms with Crippen molar-refractivity contribution in [3.8, 4) is 33.5 Å². The van der Waals surface area contributed by atoms with Gasteiger partial charge in [-0.2, -0.15) is 0 Å². The summed E-state index contributed by atoms with van der Waals surface area (Å²) in [5.41, 5.74) is 14.9. The first-order valence-corrected chi connectivity index (χ1v) is 15.0. The van der Waals surface area contributed by atoms with Crippen LogP contribution in [0.4, 0.5) is 0 Å². The van der Waals surface area contributed by atoms with Gasteiger partial charge < -0.3 is 0 Å². The number of aromatic nitrogens is 1. The van der Waals surface area contributed by atoms with Crippen LogP contribution in [0.3, 0.4) is 0 Å². The van der Waals surface area contributed by atoms with Crippen LogP contribution in [0.25, 0.3) is 44.4 Å². The Morgan fingerprint density at radius 3 is 2.10 bits per heavy atom. The number of hydrogen-bond acceptors (Lipinski definition) is 1. The summed E-state index contributed by atoms with van der Waals surface area (Å²) in [5, 5.41) is 1.16. The maximum atomic E-state index is 5.06. The standard InChI is InChI=1S/C40H32N.Ir/c1-2-3-4-5-12-27-19-22-32-33-23-20-29(39-24-21-28-13-6-11-18-38(28)41-39)26-37(33)40(36(32)25-27)34-16-9-7-14-30(34)31-15-8-10-17-35(31)40;/h6-11,13-19,21-26H,2-5,12H2,1H3;/q-1;. The summed E-state index contributed by atoms with van der Waals surface area (Å²) in [7, 11) is 0. The first kappa shape index (κ1) is 27.0. The van der Waals surface area contributed by atoms with Crippen molar-refractivity contribution in [2.75, 3.05) is 0 Å². The van der Waals surface area contributed by atoms with Gasteiger partial charge in [0.2, 0.25) is 0 Å². The van der Waals surface area contributed by atoms with E-state index < -0.39 is 0 Å². The van der Waals surface area contributed by atoms with E-state index in [1.54, 1.807) is 0 Å². The molecule has 0 amide bonds. The van der Waals surface area contributed by atoms with Crippen LogP contribution in [0.1, 0.15) is 60.4 Å². The Labute approximate surface area is 262 Å². The first-order chi connectivity index (χ1) is 20.3. The van der Waals surface area contributed by atoms with Crippen molar-refractivity contribution < 1.29 is 20.1 Å².